The third-order valence-corrected chi connectivity index (χ3v) is 4.39. The van der Waals surface area contributed by atoms with Crippen molar-refractivity contribution in [2.45, 2.75) is 47.5 Å². The molecule has 0 bridgehead atoms. The number of ketones is 2. The van der Waals surface area contributed by atoms with Crippen LogP contribution in [0.15, 0.2) is 48.0 Å². The van der Waals surface area contributed by atoms with Crippen LogP contribution in [0.4, 0.5) is 0 Å². The van der Waals surface area contributed by atoms with E-state index in [1.807, 2.05) is 6.92 Å². The summed E-state index contributed by atoms with van der Waals surface area (Å²) in [6.45, 7) is 16.8. The molecule has 4 heteroatoms. The number of carbonyl (C=O) groups is 2. The van der Waals surface area contributed by atoms with E-state index in [0.717, 1.165) is 12.8 Å². The Kier molecular flexibility index (Phi) is 5.99. The molecule has 0 unspecified atom stereocenters. The van der Waals surface area contributed by atoms with Gasteiger partial charge in [-0.3, -0.25) is 9.59 Å². The van der Waals surface area contributed by atoms with Crippen molar-refractivity contribution < 1.29 is 19.4 Å². The summed E-state index contributed by atoms with van der Waals surface area (Å²) in [7, 11) is 0. The number of hydrogen-bond donors (Lipinski definition) is 1. The zero-order valence-corrected chi connectivity index (χ0v) is 15.4. The first-order chi connectivity index (χ1) is 11.0. The van der Waals surface area contributed by atoms with Crippen LogP contribution in [-0.2, 0) is 14.3 Å². The normalized spacial score (nSPS) is 16.5. The van der Waals surface area contributed by atoms with E-state index in [0.29, 0.717) is 6.61 Å². The average molecular weight is 332 g/mol. The molecule has 0 atom stereocenters. The van der Waals surface area contributed by atoms with Gasteiger partial charge in [0.1, 0.15) is 0 Å². The van der Waals surface area contributed by atoms with Crippen LogP contribution in [0.2, 0.25) is 0 Å². The highest BCUT2D eigenvalue weighted by molar-refractivity contribution is 6.24. The average Bonchev–Trinajstić information content (AvgIpc) is 2.52. The quantitative estimate of drug-likeness (QED) is 0.405. The monoisotopic (exact) mass is 332 g/mol. The Hall–Kier alpha value is -2.10. The number of unbranched alkanes of at least 4 members (excludes halogenated alkanes) is 1. The maximum absolute atomic E-state index is 13.0. The fourth-order valence-electron chi connectivity index (χ4n) is 2.51. The smallest absolute Gasteiger partial charge is 0.228 e. The van der Waals surface area contributed by atoms with Gasteiger partial charge >= 0.3 is 0 Å². The molecule has 0 aromatic rings. The van der Waals surface area contributed by atoms with E-state index < -0.39 is 28.2 Å². The van der Waals surface area contributed by atoms with Crippen molar-refractivity contribution in [3.05, 3.63) is 48.0 Å². The van der Waals surface area contributed by atoms with E-state index in [4.69, 9.17) is 4.74 Å². The molecule has 1 aliphatic rings. The van der Waals surface area contributed by atoms with Gasteiger partial charge in [0, 0.05) is 10.8 Å². The molecule has 0 aromatic carbocycles. The molecular formula is C20H28O4. The molecule has 0 aliphatic heterocycles. The molecule has 132 valence electrons. The first-order valence-corrected chi connectivity index (χ1v) is 8.23. The Labute approximate surface area is 144 Å². The standard InChI is InChI=1S/C20H28O4/c1-8-11-12-24-18-14(20(6,7)10-3)16(22)15(21)13(17(18)23)19(4,5)9-2/h9-10,21H,2-3,8,11-12H2,1,4-7H3. The van der Waals surface area contributed by atoms with E-state index in [2.05, 4.69) is 13.2 Å². The van der Waals surface area contributed by atoms with Gasteiger partial charge in [0.15, 0.2) is 11.5 Å². The minimum atomic E-state index is -0.847. The highest BCUT2D eigenvalue weighted by atomic mass is 16.5. The summed E-state index contributed by atoms with van der Waals surface area (Å²) in [6.07, 6.45) is 4.79. The van der Waals surface area contributed by atoms with E-state index in [9.17, 15) is 14.7 Å². The zero-order valence-electron chi connectivity index (χ0n) is 15.4. The highest BCUT2D eigenvalue weighted by Crippen LogP contribution is 2.42. The third kappa shape index (κ3) is 3.53. The Morgan fingerprint density at radius 2 is 1.50 bits per heavy atom. The largest absolute Gasteiger partial charge is 0.504 e. The molecule has 0 amide bonds. The predicted molar refractivity (Wildman–Crippen MR) is 95.5 cm³/mol. The Morgan fingerprint density at radius 1 is 1.00 bits per heavy atom. The minimum absolute atomic E-state index is 0.0149. The maximum atomic E-state index is 13.0. The molecule has 0 fully saturated rings. The fourth-order valence-corrected chi connectivity index (χ4v) is 2.51. The topological polar surface area (TPSA) is 63.6 Å². The molecule has 0 radical (unpaired) electrons. The SMILES string of the molecule is C=CC(C)(C)C1=C(O)C(=O)C(C(C)(C)C=C)=C(OCCCC)C1=O. The summed E-state index contributed by atoms with van der Waals surface area (Å²) in [4.78, 5) is 25.8. The van der Waals surface area contributed by atoms with Crippen LogP contribution >= 0.6 is 0 Å². The summed E-state index contributed by atoms with van der Waals surface area (Å²) in [5.41, 5.74) is -1.47. The molecule has 0 aromatic heterocycles. The van der Waals surface area contributed by atoms with Gasteiger partial charge in [0.05, 0.1) is 17.8 Å². The Bertz CT molecular complexity index is 630. The van der Waals surface area contributed by atoms with Gasteiger partial charge in [-0.15, -0.1) is 13.2 Å². The van der Waals surface area contributed by atoms with Crippen LogP contribution < -0.4 is 0 Å². The molecular weight excluding hydrogens is 304 g/mol. The summed E-state index contributed by atoms with van der Waals surface area (Å²) < 4.78 is 5.71. The van der Waals surface area contributed by atoms with Crippen LogP contribution in [0, 0.1) is 10.8 Å². The number of aliphatic hydroxyl groups is 1. The highest BCUT2D eigenvalue weighted by Gasteiger charge is 2.45. The number of ether oxygens (including phenoxy) is 1. The van der Waals surface area contributed by atoms with Crippen LogP contribution in [-0.4, -0.2) is 23.3 Å². The predicted octanol–water partition coefficient (Wildman–Crippen LogP) is 4.45. The van der Waals surface area contributed by atoms with Crippen molar-refractivity contribution in [1.82, 2.24) is 0 Å². The Balaban J connectivity index is 3.57. The molecule has 1 rings (SSSR count). The number of carbonyl (C=O) groups excluding carboxylic acids is 2. The molecule has 4 nitrogen and oxygen atoms in total. The van der Waals surface area contributed by atoms with Gasteiger partial charge in [-0.1, -0.05) is 53.2 Å². The molecule has 24 heavy (non-hydrogen) atoms. The van der Waals surface area contributed by atoms with Crippen molar-refractivity contribution in [1.29, 1.82) is 0 Å². The first kappa shape index (κ1) is 19.9. The molecule has 1 aliphatic carbocycles. The van der Waals surface area contributed by atoms with Crippen molar-refractivity contribution in [2.24, 2.45) is 10.8 Å². The van der Waals surface area contributed by atoms with E-state index in [-0.39, 0.29) is 16.9 Å². The Morgan fingerprint density at radius 3 is 1.96 bits per heavy atom. The van der Waals surface area contributed by atoms with Gasteiger partial charge in [0.25, 0.3) is 0 Å². The van der Waals surface area contributed by atoms with Crippen LogP contribution in [0.1, 0.15) is 47.5 Å². The molecule has 0 heterocycles. The van der Waals surface area contributed by atoms with Crippen molar-refractivity contribution in [2.75, 3.05) is 6.61 Å². The van der Waals surface area contributed by atoms with Crippen LogP contribution in [0.3, 0.4) is 0 Å². The fraction of sp³-hybridized carbons (Fsp3) is 0.500. The lowest BCUT2D eigenvalue weighted by Crippen LogP contribution is -2.36. The number of aliphatic hydroxyl groups excluding tert-OH is 1. The van der Waals surface area contributed by atoms with Crippen molar-refractivity contribution >= 4 is 11.6 Å². The summed E-state index contributed by atoms with van der Waals surface area (Å²) >= 11 is 0. The second-order valence-electron chi connectivity index (χ2n) is 7.14. The van der Waals surface area contributed by atoms with Gasteiger partial charge in [0.2, 0.25) is 11.6 Å². The lowest BCUT2D eigenvalue weighted by Gasteiger charge is -2.33. The van der Waals surface area contributed by atoms with Gasteiger partial charge in [-0.25, -0.2) is 0 Å². The van der Waals surface area contributed by atoms with Crippen molar-refractivity contribution in [3.8, 4) is 0 Å². The summed E-state index contributed by atoms with van der Waals surface area (Å²) in [5.74, 6) is -1.56. The lowest BCUT2D eigenvalue weighted by molar-refractivity contribution is -0.122. The van der Waals surface area contributed by atoms with Gasteiger partial charge in [-0.2, -0.15) is 0 Å². The van der Waals surface area contributed by atoms with Crippen LogP contribution in [0.5, 0.6) is 0 Å². The first-order valence-electron chi connectivity index (χ1n) is 8.23. The number of hydrogen-bond acceptors (Lipinski definition) is 4. The zero-order chi connectivity index (χ0) is 18.7. The van der Waals surface area contributed by atoms with Gasteiger partial charge < -0.3 is 9.84 Å². The van der Waals surface area contributed by atoms with Gasteiger partial charge in [-0.05, 0) is 6.42 Å². The molecule has 1 N–H and O–H groups in total. The maximum Gasteiger partial charge on any atom is 0.228 e. The number of Topliss-reactive ketones (excluding diaryl/α,β-unsaturated/α-hetero) is 2. The van der Waals surface area contributed by atoms with Crippen LogP contribution in [0.25, 0.3) is 0 Å². The van der Waals surface area contributed by atoms with Crippen molar-refractivity contribution in [3.63, 3.8) is 0 Å². The molecule has 0 saturated carbocycles. The number of allylic oxidation sites excluding steroid dienone is 4. The second-order valence-corrected chi connectivity index (χ2v) is 7.14. The molecule has 0 saturated heterocycles. The summed E-state index contributed by atoms with van der Waals surface area (Å²) in [6, 6.07) is 0. The number of rotatable bonds is 8. The van der Waals surface area contributed by atoms with E-state index in [1.54, 1.807) is 33.8 Å². The molecule has 0 spiro atoms. The lowest BCUT2D eigenvalue weighted by atomic mass is 9.71. The third-order valence-electron chi connectivity index (χ3n) is 4.39. The van der Waals surface area contributed by atoms with E-state index in [1.165, 1.54) is 6.08 Å². The summed E-state index contributed by atoms with van der Waals surface area (Å²) in [5, 5.41) is 10.4. The van der Waals surface area contributed by atoms with E-state index >= 15 is 0 Å². The minimum Gasteiger partial charge on any atom is -0.504 e. The second kappa shape index (κ2) is 7.20.